The van der Waals surface area contributed by atoms with Gasteiger partial charge in [0, 0.05) is 48.1 Å². The number of imidazole rings is 1. The van der Waals surface area contributed by atoms with E-state index in [2.05, 4.69) is 20.3 Å². The molecule has 7 nitrogen and oxygen atoms in total. The number of alkyl halides is 1. The zero-order valence-electron chi connectivity index (χ0n) is 16.4. The summed E-state index contributed by atoms with van der Waals surface area (Å²) < 4.78 is 29.6. The largest absolute Gasteiger partial charge is 0.322 e. The first kappa shape index (κ1) is 19.1. The van der Waals surface area contributed by atoms with Crippen LogP contribution in [-0.4, -0.2) is 49.5 Å². The highest BCUT2D eigenvalue weighted by molar-refractivity contribution is 5.90. The number of carbonyl (C=O) groups excluding carboxylic acids is 1. The molecule has 3 aromatic heterocycles. The Morgan fingerprint density at radius 2 is 2.03 bits per heavy atom. The number of nitrogens with zero attached hydrogens (tertiary/aromatic N) is 5. The van der Waals surface area contributed by atoms with Crippen LogP contribution < -0.4 is 5.32 Å². The monoisotopic (exact) mass is 420 g/mol. The van der Waals surface area contributed by atoms with Crippen molar-refractivity contribution in [2.45, 2.75) is 12.6 Å². The molecule has 2 amide bonds. The van der Waals surface area contributed by atoms with Gasteiger partial charge in [0.2, 0.25) is 5.78 Å². The smallest absolute Gasteiger partial charge is 0.321 e. The van der Waals surface area contributed by atoms with Gasteiger partial charge in [-0.3, -0.25) is 9.38 Å². The van der Waals surface area contributed by atoms with Crippen LogP contribution in [0.5, 0.6) is 0 Å². The number of likely N-dealkylation sites (tertiary alicyclic amines) is 1. The summed E-state index contributed by atoms with van der Waals surface area (Å²) >= 11 is 0. The minimum absolute atomic E-state index is 0.0661. The summed E-state index contributed by atoms with van der Waals surface area (Å²) in [5, 5.41) is 2.70. The summed E-state index contributed by atoms with van der Waals surface area (Å²) in [7, 11) is 0. The number of hydrogen-bond donors (Lipinski definition) is 1. The third-order valence-corrected chi connectivity index (χ3v) is 5.18. The van der Waals surface area contributed by atoms with Crippen LogP contribution in [0.1, 0.15) is 6.42 Å². The molecule has 1 aliphatic rings. The van der Waals surface area contributed by atoms with Crippen molar-refractivity contribution < 1.29 is 13.6 Å². The summed E-state index contributed by atoms with van der Waals surface area (Å²) in [5.74, 6) is -0.0640. The van der Waals surface area contributed by atoms with Crippen molar-refractivity contribution >= 4 is 17.5 Å². The number of benzene rings is 1. The second kappa shape index (κ2) is 7.75. The number of nitrogens with one attached hydrogen (secondary N) is 1. The fraction of sp³-hybridized carbons (Fsp3) is 0.182. The molecule has 1 saturated heterocycles. The molecule has 1 aliphatic heterocycles. The first-order valence-electron chi connectivity index (χ1n) is 9.83. The number of fused-ring (bicyclic) bond motifs is 1. The predicted molar refractivity (Wildman–Crippen MR) is 112 cm³/mol. The lowest BCUT2D eigenvalue weighted by molar-refractivity contribution is 0.218. The highest BCUT2D eigenvalue weighted by Crippen LogP contribution is 2.27. The molecule has 4 aromatic rings. The van der Waals surface area contributed by atoms with Crippen LogP contribution in [0.25, 0.3) is 28.3 Å². The number of hydrogen-bond acceptors (Lipinski definition) is 4. The number of carbonyl (C=O) groups is 1. The normalized spacial score (nSPS) is 16.1. The van der Waals surface area contributed by atoms with Gasteiger partial charge >= 0.3 is 6.03 Å². The molecule has 0 saturated carbocycles. The van der Waals surface area contributed by atoms with Gasteiger partial charge in [-0.15, -0.1) is 0 Å². The summed E-state index contributed by atoms with van der Waals surface area (Å²) in [6, 6.07) is 9.43. The van der Waals surface area contributed by atoms with Crippen molar-refractivity contribution in [1.29, 1.82) is 0 Å². The van der Waals surface area contributed by atoms with E-state index in [4.69, 9.17) is 0 Å². The van der Waals surface area contributed by atoms with Crippen molar-refractivity contribution in [3.8, 4) is 22.5 Å². The highest BCUT2D eigenvalue weighted by atomic mass is 19.1. The minimum atomic E-state index is -1.00. The van der Waals surface area contributed by atoms with E-state index in [1.807, 2.05) is 24.4 Å². The van der Waals surface area contributed by atoms with Gasteiger partial charge in [-0.1, -0.05) is 6.07 Å². The average molecular weight is 420 g/mol. The molecule has 0 bridgehead atoms. The van der Waals surface area contributed by atoms with Gasteiger partial charge in [0.05, 0.1) is 17.9 Å². The second-order valence-electron chi connectivity index (χ2n) is 7.35. The molecule has 0 aliphatic carbocycles. The third-order valence-electron chi connectivity index (χ3n) is 5.18. The molecule has 1 fully saturated rings. The number of urea groups is 1. The van der Waals surface area contributed by atoms with Gasteiger partial charge in [-0.05, 0) is 36.8 Å². The van der Waals surface area contributed by atoms with E-state index < -0.39 is 18.0 Å². The van der Waals surface area contributed by atoms with Crippen LogP contribution in [0.2, 0.25) is 0 Å². The van der Waals surface area contributed by atoms with Gasteiger partial charge in [0.15, 0.2) is 0 Å². The van der Waals surface area contributed by atoms with E-state index in [0.717, 1.165) is 11.3 Å². The van der Waals surface area contributed by atoms with Crippen molar-refractivity contribution in [3.05, 3.63) is 67.0 Å². The number of rotatable bonds is 3. The fourth-order valence-corrected chi connectivity index (χ4v) is 3.58. The number of halogens is 2. The van der Waals surface area contributed by atoms with E-state index in [1.54, 1.807) is 23.0 Å². The topological polar surface area (TPSA) is 75.4 Å². The Hall–Kier alpha value is -3.88. The SMILES string of the molecule is O=C(Nc1ccc(F)c(-c2cn3cc(-c4ccccn4)cnc3n2)c1)N1CCC(F)C1. The Morgan fingerprint density at radius 3 is 2.81 bits per heavy atom. The second-order valence-corrected chi connectivity index (χ2v) is 7.35. The van der Waals surface area contributed by atoms with Crippen molar-refractivity contribution in [2.75, 3.05) is 18.4 Å². The maximum atomic E-state index is 14.6. The predicted octanol–water partition coefficient (Wildman–Crippen LogP) is 4.17. The Morgan fingerprint density at radius 1 is 1.13 bits per heavy atom. The lowest BCUT2D eigenvalue weighted by Crippen LogP contribution is -2.33. The summed E-state index contributed by atoms with van der Waals surface area (Å²) in [4.78, 5) is 26.8. The van der Waals surface area contributed by atoms with E-state index in [0.29, 0.717) is 30.1 Å². The highest BCUT2D eigenvalue weighted by Gasteiger charge is 2.26. The minimum Gasteiger partial charge on any atom is -0.322 e. The summed E-state index contributed by atoms with van der Waals surface area (Å²) in [6.07, 6.45) is 6.19. The molecular weight excluding hydrogens is 402 g/mol. The quantitative estimate of drug-likeness (QED) is 0.540. The average Bonchev–Trinajstić information content (AvgIpc) is 3.41. The van der Waals surface area contributed by atoms with Crippen molar-refractivity contribution in [3.63, 3.8) is 0 Å². The van der Waals surface area contributed by atoms with E-state index in [1.165, 1.54) is 23.1 Å². The number of amides is 2. The van der Waals surface area contributed by atoms with Gasteiger partial charge in [-0.25, -0.2) is 23.5 Å². The van der Waals surface area contributed by atoms with Crippen LogP contribution in [0.15, 0.2) is 61.2 Å². The zero-order valence-corrected chi connectivity index (χ0v) is 16.4. The number of anilines is 1. The molecule has 31 heavy (non-hydrogen) atoms. The van der Waals surface area contributed by atoms with Gasteiger partial charge < -0.3 is 10.2 Å². The summed E-state index contributed by atoms with van der Waals surface area (Å²) in [6.45, 7) is 0.425. The Balaban J connectivity index is 1.44. The lowest BCUT2D eigenvalue weighted by Gasteiger charge is -2.16. The van der Waals surface area contributed by atoms with Gasteiger partial charge in [0.25, 0.3) is 0 Å². The number of pyridine rings is 1. The van der Waals surface area contributed by atoms with Crippen molar-refractivity contribution in [2.24, 2.45) is 0 Å². The van der Waals surface area contributed by atoms with Crippen LogP contribution in [-0.2, 0) is 0 Å². The van der Waals surface area contributed by atoms with E-state index in [9.17, 15) is 13.6 Å². The summed E-state index contributed by atoms with van der Waals surface area (Å²) in [5.41, 5.74) is 2.58. The zero-order chi connectivity index (χ0) is 21.4. The first-order chi connectivity index (χ1) is 15.1. The molecule has 0 radical (unpaired) electrons. The standard InChI is InChI=1S/C22H18F2N6O/c23-15-6-8-29(12-15)22(31)27-16-4-5-18(24)17(9-16)20-13-30-11-14(10-26-21(30)28-20)19-3-1-2-7-25-19/h1-5,7,9-11,13,15H,6,8,12H2,(H,27,31). The maximum absolute atomic E-state index is 14.6. The van der Waals surface area contributed by atoms with Crippen LogP contribution in [0.4, 0.5) is 19.3 Å². The van der Waals surface area contributed by atoms with E-state index >= 15 is 0 Å². The molecule has 1 atom stereocenters. The van der Waals surface area contributed by atoms with Gasteiger partial charge in [0.1, 0.15) is 12.0 Å². The molecule has 1 N–H and O–H groups in total. The first-order valence-corrected chi connectivity index (χ1v) is 9.83. The molecule has 0 spiro atoms. The third kappa shape index (κ3) is 3.81. The van der Waals surface area contributed by atoms with E-state index in [-0.39, 0.29) is 12.1 Å². The molecule has 156 valence electrons. The Bertz CT molecular complexity index is 1260. The number of aromatic nitrogens is 4. The van der Waals surface area contributed by atoms with Crippen LogP contribution >= 0.6 is 0 Å². The molecular formula is C22H18F2N6O. The molecule has 9 heteroatoms. The maximum Gasteiger partial charge on any atom is 0.321 e. The molecule has 4 heterocycles. The van der Waals surface area contributed by atoms with Crippen molar-refractivity contribution in [1.82, 2.24) is 24.3 Å². The molecule has 1 unspecified atom stereocenters. The fourth-order valence-electron chi connectivity index (χ4n) is 3.58. The van der Waals surface area contributed by atoms with Crippen LogP contribution in [0, 0.1) is 5.82 Å². The van der Waals surface area contributed by atoms with Crippen LogP contribution in [0.3, 0.4) is 0 Å². The Kier molecular flexibility index (Phi) is 4.78. The Labute approximate surface area is 176 Å². The molecule has 1 aromatic carbocycles. The van der Waals surface area contributed by atoms with Gasteiger partial charge in [-0.2, -0.15) is 0 Å². The molecule has 5 rings (SSSR count). The lowest BCUT2D eigenvalue weighted by atomic mass is 10.1.